The molecular formula is C11H24N. The molecule has 0 fully saturated rings. The summed E-state index contributed by atoms with van der Waals surface area (Å²) >= 11 is 0. The van der Waals surface area contributed by atoms with Gasteiger partial charge in [0.2, 0.25) is 0 Å². The van der Waals surface area contributed by atoms with Crippen LogP contribution in [0.4, 0.5) is 0 Å². The van der Waals surface area contributed by atoms with Crippen LogP contribution in [0.2, 0.25) is 0 Å². The molecule has 0 rings (SSSR count). The largest absolute Gasteiger partial charge is 0.320 e. The van der Waals surface area contributed by atoms with E-state index in [0.29, 0.717) is 0 Å². The summed E-state index contributed by atoms with van der Waals surface area (Å²) in [6, 6.07) is 0. The van der Waals surface area contributed by atoms with Gasteiger partial charge in [-0.25, -0.2) is 0 Å². The van der Waals surface area contributed by atoms with Crippen molar-refractivity contribution in [1.82, 2.24) is 5.32 Å². The van der Waals surface area contributed by atoms with Crippen molar-refractivity contribution in [3.05, 3.63) is 6.42 Å². The summed E-state index contributed by atoms with van der Waals surface area (Å²) in [4.78, 5) is 0. The van der Waals surface area contributed by atoms with Crippen LogP contribution >= 0.6 is 0 Å². The summed E-state index contributed by atoms with van der Waals surface area (Å²) in [7, 11) is 2.02. The van der Waals surface area contributed by atoms with Crippen LogP contribution in [0.5, 0.6) is 0 Å². The smallest absolute Gasteiger partial charge is 0.00518 e. The summed E-state index contributed by atoms with van der Waals surface area (Å²) < 4.78 is 0. The van der Waals surface area contributed by atoms with Crippen molar-refractivity contribution < 1.29 is 0 Å². The lowest BCUT2D eigenvalue weighted by atomic mass is 10.1. The van der Waals surface area contributed by atoms with Gasteiger partial charge in [-0.05, 0) is 32.9 Å². The first-order chi connectivity index (χ1) is 5.91. The highest BCUT2D eigenvalue weighted by atomic mass is 14.8. The SMILES string of the molecule is CCCCCC[CH]CCCNC. The van der Waals surface area contributed by atoms with E-state index in [4.69, 9.17) is 0 Å². The molecule has 0 spiro atoms. The predicted molar refractivity (Wildman–Crippen MR) is 56.2 cm³/mol. The minimum Gasteiger partial charge on any atom is -0.320 e. The molecule has 0 saturated carbocycles. The Labute approximate surface area is 77.9 Å². The number of hydrogen-bond acceptors (Lipinski definition) is 1. The normalized spacial score (nSPS) is 10.5. The Hall–Kier alpha value is -0.0400. The summed E-state index contributed by atoms with van der Waals surface area (Å²) in [6.07, 6.45) is 11.9. The van der Waals surface area contributed by atoms with Gasteiger partial charge in [-0.3, -0.25) is 0 Å². The molecule has 0 aliphatic carbocycles. The predicted octanol–water partition coefficient (Wildman–Crippen LogP) is 3.16. The molecule has 0 unspecified atom stereocenters. The molecule has 0 aliphatic heterocycles. The third-order valence-corrected chi connectivity index (χ3v) is 2.10. The van der Waals surface area contributed by atoms with Crippen LogP contribution in [0, 0.1) is 6.42 Å². The Bertz CT molecular complexity index is 61.4. The fourth-order valence-electron chi connectivity index (χ4n) is 1.28. The Balaban J connectivity index is 2.73. The van der Waals surface area contributed by atoms with E-state index < -0.39 is 0 Å². The zero-order valence-corrected chi connectivity index (χ0v) is 8.73. The molecular weight excluding hydrogens is 146 g/mol. The molecule has 0 aromatic heterocycles. The third kappa shape index (κ3) is 9.96. The van der Waals surface area contributed by atoms with Crippen molar-refractivity contribution in [2.75, 3.05) is 13.6 Å². The van der Waals surface area contributed by atoms with E-state index in [-0.39, 0.29) is 0 Å². The second kappa shape index (κ2) is 11.0. The van der Waals surface area contributed by atoms with E-state index in [1.165, 1.54) is 44.9 Å². The van der Waals surface area contributed by atoms with Gasteiger partial charge in [-0.2, -0.15) is 0 Å². The third-order valence-electron chi connectivity index (χ3n) is 2.10. The first-order valence-corrected chi connectivity index (χ1v) is 5.38. The van der Waals surface area contributed by atoms with Crippen molar-refractivity contribution in [1.29, 1.82) is 0 Å². The lowest BCUT2D eigenvalue weighted by Gasteiger charge is -2.00. The van der Waals surface area contributed by atoms with Crippen LogP contribution in [0.1, 0.15) is 51.9 Å². The molecule has 73 valence electrons. The number of nitrogens with one attached hydrogen (secondary N) is 1. The van der Waals surface area contributed by atoms with Gasteiger partial charge in [0.25, 0.3) is 0 Å². The summed E-state index contributed by atoms with van der Waals surface area (Å²) in [5, 5.41) is 3.16. The Kier molecular flexibility index (Phi) is 10.9. The van der Waals surface area contributed by atoms with E-state index in [9.17, 15) is 0 Å². The Morgan fingerprint density at radius 3 is 2.42 bits per heavy atom. The van der Waals surface area contributed by atoms with Gasteiger partial charge in [0, 0.05) is 0 Å². The van der Waals surface area contributed by atoms with E-state index >= 15 is 0 Å². The van der Waals surface area contributed by atoms with Crippen molar-refractivity contribution in [3.8, 4) is 0 Å². The molecule has 1 radical (unpaired) electrons. The minimum absolute atomic E-state index is 1.16. The van der Waals surface area contributed by atoms with Crippen LogP contribution in [0.3, 0.4) is 0 Å². The quantitative estimate of drug-likeness (QED) is 0.524. The zero-order valence-electron chi connectivity index (χ0n) is 8.73. The molecule has 0 heterocycles. The van der Waals surface area contributed by atoms with Crippen molar-refractivity contribution in [2.24, 2.45) is 0 Å². The molecule has 1 N–H and O–H groups in total. The second-order valence-corrected chi connectivity index (χ2v) is 3.38. The molecule has 12 heavy (non-hydrogen) atoms. The fraction of sp³-hybridized carbons (Fsp3) is 0.909. The molecule has 0 bridgehead atoms. The van der Waals surface area contributed by atoms with Crippen molar-refractivity contribution >= 4 is 0 Å². The maximum Gasteiger partial charge on any atom is -0.00518 e. The summed E-state index contributed by atoms with van der Waals surface area (Å²) in [5.74, 6) is 0. The number of unbranched alkanes of at least 4 members (excludes halogenated alkanes) is 7. The van der Waals surface area contributed by atoms with Crippen LogP contribution < -0.4 is 5.32 Å². The van der Waals surface area contributed by atoms with Gasteiger partial charge in [0.1, 0.15) is 0 Å². The van der Waals surface area contributed by atoms with Gasteiger partial charge in [-0.1, -0.05) is 39.0 Å². The van der Waals surface area contributed by atoms with Crippen LogP contribution in [-0.2, 0) is 0 Å². The lowest BCUT2D eigenvalue weighted by Crippen LogP contribution is -2.06. The van der Waals surface area contributed by atoms with Crippen LogP contribution in [0.15, 0.2) is 0 Å². The highest BCUT2D eigenvalue weighted by molar-refractivity contribution is 4.64. The van der Waals surface area contributed by atoms with Gasteiger partial charge >= 0.3 is 0 Å². The van der Waals surface area contributed by atoms with E-state index in [1.54, 1.807) is 0 Å². The fourth-order valence-corrected chi connectivity index (χ4v) is 1.28. The van der Waals surface area contributed by atoms with E-state index in [0.717, 1.165) is 6.54 Å². The maximum atomic E-state index is 3.16. The van der Waals surface area contributed by atoms with E-state index in [2.05, 4.69) is 18.7 Å². The highest BCUT2D eigenvalue weighted by Crippen LogP contribution is 2.06. The Morgan fingerprint density at radius 2 is 1.75 bits per heavy atom. The first kappa shape index (κ1) is 12.0. The minimum atomic E-state index is 1.16. The standard InChI is InChI=1S/C11H24N/c1-3-4-5-6-7-8-9-10-11-12-2/h8,12H,3-7,9-11H2,1-2H3. The van der Waals surface area contributed by atoms with E-state index in [1.807, 2.05) is 7.05 Å². The lowest BCUT2D eigenvalue weighted by molar-refractivity contribution is 0.636. The van der Waals surface area contributed by atoms with Crippen molar-refractivity contribution in [3.63, 3.8) is 0 Å². The second-order valence-electron chi connectivity index (χ2n) is 3.38. The topological polar surface area (TPSA) is 12.0 Å². The summed E-state index contributed by atoms with van der Waals surface area (Å²) in [6.45, 7) is 3.42. The molecule has 0 atom stereocenters. The van der Waals surface area contributed by atoms with Gasteiger partial charge < -0.3 is 5.32 Å². The average molecular weight is 170 g/mol. The number of rotatable bonds is 9. The van der Waals surface area contributed by atoms with Crippen molar-refractivity contribution in [2.45, 2.75) is 51.9 Å². The highest BCUT2D eigenvalue weighted by Gasteiger charge is 1.90. The maximum absolute atomic E-state index is 3.16. The molecule has 0 amide bonds. The molecule has 0 aliphatic rings. The summed E-state index contributed by atoms with van der Waals surface area (Å²) in [5.41, 5.74) is 0. The molecule has 0 saturated heterocycles. The molecule has 0 aromatic rings. The molecule has 1 nitrogen and oxygen atoms in total. The van der Waals surface area contributed by atoms with Gasteiger partial charge in [0.05, 0.1) is 0 Å². The zero-order chi connectivity index (χ0) is 9.07. The monoisotopic (exact) mass is 170 g/mol. The van der Waals surface area contributed by atoms with Crippen LogP contribution in [0.25, 0.3) is 0 Å². The van der Waals surface area contributed by atoms with Gasteiger partial charge in [0.15, 0.2) is 0 Å². The average Bonchev–Trinajstić information content (AvgIpc) is 2.10. The number of hydrogen-bond donors (Lipinski definition) is 1. The Morgan fingerprint density at radius 1 is 1.00 bits per heavy atom. The van der Waals surface area contributed by atoms with Crippen LogP contribution in [-0.4, -0.2) is 13.6 Å². The molecule has 0 aromatic carbocycles. The first-order valence-electron chi connectivity index (χ1n) is 5.38. The molecule has 1 heteroatoms. The van der Waals surface area contributed by atoms with Gasteiger partial charge in [-0.15, -0.1) is 0 Å².